The third-order valence-corrected chi connectivity index (χ3v) is 4.32. The minimum Gasteiger partial charge on any atom is -0.493 e. The normalized spacial score (nSPS) is 16.7. The Labute approximate surface area is 156 Å². The van der Waals surface area contributed by atoms with Crippen LogP contribution in [0.4, 0.5) is 5.69 Å². The molecule has 1 saturated heterocycles. The Hall–Kier alpha value is -2.20. The van der Waals surface area contributed by atoms with Crippen LogP contribution < -0.4 is 14.8 Å². The summed E-state index contributed by atoms with van der Waals surface area (Å²) in [5, 5.41) is 3.43. The highest BCUT2D eigenvalue weighted by molar-refractivity contribution is 5.47. The van der Waals surface area contributed by atoms with E-state index in [0.717, 1.165) is 49.8 Å². The number of benzene rings is 2. The molecule has 0 radical (unpaired) electrons. The van der Waals surface area contributed by atoms with Gasteiger partial charge < -0.3 is 19.5 Å². The largest absolute Gasteiger partial charge is 0.493 e. The lowest BCUT2D eigenvalue weighted by molar-refractivity contribution is 0.0679. The van der Waals surface area contributed by atoms with Crippen LogP contribution >= 0.6 is 0 Å². The van der Waals surface area contributed by atoms with Crippen molar-refractivity contribution in [1.29, 1.82) is 0 Å². The van der Waals surface area contributed by atoms with E-state index in [4.69, 9.17) is 14.2 Å². The summed E-state index contributed by atoms with van der Waals surface area (Å²) in [4.78, 5) is 0. The first-order valence-corrected chi connectivity index (χ1v) is 9.49. The second-order valence-electron chi connectivity index (χ2n) is 7.17. The lowest BCUT2D eigenvalue weighted by Gasteiger charge is -2.12. The summed E-state index contributed by atoms with van der Waals surface area (Å²) in [6.07, 6.45) is 2.49. The number of anilines is 1. The Bertz CT molecular complexity index is 646. The Balaban J connectivity index is 1.42. The molecular formula is C22H29NO3. The molecule has 1 aliphatic heterocycles. The Morgan fingerprint density at radius 1 is 1.00 bits per heavy atom. The third kappa shape index (κ3) is 5.95. The average molecular weight is 355 g/mol. The predicted octanol–water partition coefficient (Wildman–Crippen LogP) is 4.89. The van der Waals surface area contributed by atoms with E-state index in [0.29, 0.717) is 12.5 Å². The van der Waals surface area contributed by atoms with Gasteiger partial charge in [-0.25, -0.2) is 0 Å². The van der Waals surface area contributed by atoms with Gasteiger partial charge in [0, 0.05) is 18.8 Å². The average Bonchev–Trinajstić information content (AvgIpc) is 3.18. The Morgan fingerprint density at radius 3 is 2.35 bits per heavy atom. The topological polar surface area (TPSA) is 39.7 Å². The number of nitrogens with one attached hydrogen (secondary N) is 1. The molecule has 0 bridgehead atoms. The van der Waals surface area contributed by atoms with E-state index in [-0.39, 0.29) is 6.10 Å². The summed E-state index contributed by atoms with van der Waals surface area (Å²) >= 11 is 0. The molecule has 4 heteroatoms. The first-order valence-electron chi connectivity index (χ1n) is 9.49. The van der Waals surface area contributed by atoms with Gasteiger partial charge in [0.05, 0.1) is 12.7 Å². The van der Waals surface area contributed by atoms with E-state index in [2.05, 4.69) is 31.3 Å². The zero-order valence-corrected chi connectivity index (χ0v) is 15.7. The van der Waals surface area contributed by atoms with Crippen LogP contribution in [0.1, 0.15) is 32.3 Å². The van der Waals surface area contributed by atoms with E-state index in [1.54, 1.807) is 0 Å². The fourth-order valence-electron chi connectivity index (χ4n) is 2.80. The van der Waals surface area contributed by atoms with Gasteiger partial charge in [-0.3, -0.25) is 0 Å². The molecule has 0 amide bonds. The van der Waals surface area contributed by atoms with Crippen molar-refractivity contribution >= 4 is 5.69 Å². The number of ether oxygens (including phenoxy) is 3. The predicted molar refractivity (Wildman–Crippen MR) is 105 cm³/mol. The van der Waals surface area contributed by atoms with E-state index < -0.39 is 0 Å². The third-order valence-electron chi connectivity index (χ3n) is 4.32. The summed E-state index contributed by atoms with van der Waals surface area (Å²) in [6.45, 7) is 7.33. The van der Waals surface area contributed by atoms with Crippen LogP contribution in [-0.2, 0) is 11.3 Å². The fraction of sp³-hybridized carbons (Fsp3) is 0.455. The van der Waals surface area contributed by atoms with Gasteiger partial charge in [0.15, 0.2) is 0 Å². The van der Waals surface area contributed by atoms with Crippen molar-refractivity contribution in [1.82, 2.24) is 0 Å². The molecule has 0 spiro atoms. The molecule has 1 unspecified atom stereocenters. The molecule has 26 heavy (non-hydrogen) atoms. The van der Waals surface area contributed by atoms with Crippen LogP contribution in [-0.4, -0.2) is 25.9 Å². The summed E-state index contributed by atoms with van der Waals surface area (Å²) < 4.78 is 17.1. The molecule has 2 aromatic rings. The van der Waals surface area contributed by atoms with Gasteiger partial charge in [-0.15, -0.1) is 0 Å². The molecule has 3 rings (SSSR count). The minimum atomic E-state index is 0.250. The number of rotatable bonds is 9. The maximum absolute atomic E-state index is 5.79. The maximum atomic E-state index is 5.79. The van der Waals surface area contributed by atoms with Crippen LogP contribution in [0.2, 0.25) is 0 Å². The maximum Gasteiger partial charge on any atom is 0.119 e. The van der Waals surface area contributed by atoms with Gasteiger partial charge in [-0.05, 0) is 60.7 Å². The van der Waals surface area contributed by atoms with Gasteiger partial charge in [0.2, 0.25) is 0 Å². The van der Waals surface area contributed by atoms with Crippen LogP contribution in [0, 0.1) is 5.92 Å². The van der Waals surface area contributed by atoms with Gasteiger partial charge in [0.25, 0.3) is 0 Å². The van der Waals surface area contributed by atoms with Crippen molar-refractivity contribution in [2.45, 2.75) is 39.3 Å². The van der Waals surface area contributed by atoms with E-state index >= 15 is 0 Å². The second kappa shape index (κ2) is 9.48. The highest BCUT2D eigenvalue weighted by Gasteiger charge is 2.15. The van der Waals surface area contributed by atoms with Crippen molar-refractivity contribution in [3.05, 3.63) is 54.1 Å². The summed E-state index contributed by atoms with van der Waals surface area (Å²) in [5.74, 6) is 2.35. The second-order valence-corrected chi connectivity index (χ2v) is 7.17. The van der Waals surface area contributed by atoms with Crippen molar-refractivity contribution in [3.8, 4) is 11.5 Å². The molecule has 1 aliphatic rings. The smallest absolute Gasteiger partial charge is 0.119 e. The molecule has 1 fully saturated rings. The number of hydrogen-bond donors (Lipinski definition) is 1. The fourth-order valence-corrected chi connectivity index (χ4v) is 2.80. The van der Waals surface area contributed by atoms with Crippen molar-refractivity contribution in [2.24, 2.45) is 5.92 Å². The SMILES string of the molecule is CC(C)COc1ccc(CNc2ccc(OCC3CCCO3)cc2)cc1. The zero-order chi connectivity index (χ0) is 18.2. The summed E-state index contributed by atoms with van der Waals surface area (Å²) in [5.41, 5.74) is 2.30. The van der Waals surface area contributed by atoms with Crippen LogP contribution in [0.15, 0.2) is 48.5 Å². The molecule has 0 aliphatic carbocycles. The summed E-state index contributed by atoms with van der Waals surface area (Å²) in [6, 6.07) is 16.3. The van der Waals surface area contributed by atoms with Gasteiger partial charge in [0.1, 0.15) is 18.1 Å². The van der Waals surface area contributed by atoms with Crippen LogP contribution in [0.5, 0.6) is 11.5 Å². The quantitative estimate of drug-likeness (QED) is 0.695. The lowest BCUT2D eigenvalue weighted by Crippen LogP contribution is -2.16. The van der Waals surface area contributed by atoms with Gasteiger partial charge in [-0.1, -0.05) is 26.0 Å². The standard InChI is InChI=1S/C22H29NO3/c1-17(2)15-25-20-9-5-18(6-10-20)14-23-19-7-11-21(12-8-19)26-16-22-4-3-13-24-22/h5-12,17,22-23H,3-4,13-16H2,1-2H3. The highest BCUT2D eigenvalue weighted by atomic mass is 16.5. The molecule has 1 atom stereocenters. The first-order chi connectivity index (χ1) is 12.7. The van der Waals surface area contributed by atoms with Crippen molar-refractivity contribution < 1.29 is 14.2 Å². The first kappa shape index (κ1) is 18.6. The van der Waals surface area contributed by atoms with Crippen LogP contribution in [0.3, 0.4) is 0 Å². The molecular weight excluding hydrogens is 326 g/mol. The molecule has 2 aromatic carbocycles. The molecule has 1 heterocycles. The zero-order valence-electron chi connectivity index (χ0n) is 15.7. The van der Waals surface area contributed by atoms with Crippen LogP contribution in [0.25, 0.3) is 0 Å². The van der Waals surface area contributed by atoms with Gasteiger partial charge >= 0.3 is 0 Å². The molecule has 140 valence electrons. The van der Waals surface area contributed by atoms with E-state index in [9.17, 15) is 0 Å². The summed E-state index contributed by atoms with van der Waals surface area (Å²) in [7, 11) is 0. The van der Waals surface area contributed by atoms with Crippen molar-refractivity contribution in [2.75, 3.05) is 25.1 Å². The Kier molecular flexibility index (Phi) is 6.78. The number of hydrogen-bond acceptors (Lipinski definition) is 4. The van der Waals surface area contributed by atoms with Gasteiger partial charge in [-0.2, -0.15) is 0 Å². The minimum absolute atomic E-state index is 0.250. The molecule has 1 N–H and O–H groups in total. The molecule has 4 nitrogen and oxygen atoms in total. The molecule has 0 saturated carbocycles. The lowest BCUT2D eigenvalue weighted by atomic mass is 10.2. The molecule has 0 aromatic heterocycles. The monoisotopic (exact) mass is 355 g/mol. The Morgan fingerprint density at radius 2 is 1.69 bits per heavy atom. The highest BCUT2D eigenvalue weighted by Crippen LogP contribution is 2.19. The van der Waals surface area contributed by atoms with E-state index in [1.165, 1.54) is 5.56 Å². The van der Waals surface area contributed by atoms with E-state index in [1.807, 2.05) is 36.4 Å². The van der Waals surface area contributed by atoms with Crippen molar-refractivity contribution in [3.63, 3.8) is 0 Å².